The number of aliphatic carboxylic acids is 1. The van der Waals surface area contributed by atoms with E-state index in [2.05, 4.69) is 37.8 Å². The molecule has 0 radical (unpaired) electrons. The van der Waals surface area contributed by atoms with Gasteiger partial charge in [0.1, 0.15) is 0 Å². The summed E-state index contributed by atoms with van der Waals surface area (Å²) in [5.41, 5.74) is 4.18. The van der Waals surface area contributed by atoms with Crippen LogP contribution in [0.4, 0.5) is 0 Å². The van der Waals surface area contributed by atoms with Gasteiger partial charge in [-0.3, -0.25) is 9.69 Å². The van der Waals surface area contributed by atoms with E-state index in [9.17, 15) is 4.79 Å². The number of carboxylic acid groups (broad SMARTS) is 1. The Bertz CT molecular complexity index is 826. The third-order valence-corrected chi connectivity index (χ3v) is 3.99. The number of nitrogens with zero attached hydrogens (tertiary/aromatic N) is 1. The summed E-state index contributed by atoms with van der Waals surface area (Å²) >= 11 is 0. The molecule has 0 amide bonds. The van der Waals surface area contributed by atoms with Crippen LogP contribution in [0.1, 0.15) is 36.5 Å². The van der Waals surface area contributed by atoms with Crippen LogP contribution in [0, 0.1) is 11.8 Å². The van der Waals surface area contributed by atoms with Crippen molar-refractivity contribution in [3.8, 4) is 11.8 Å². The minimum absolute atomic E-state index is 0.00241. The highest BCUT2D eigenvalue weighted by molar-refractivity contribution is 5.79. The quantitative estimate of drug-likeness (QED) is 0.794. The molecule has 26 heavy (non-hydrogen) atoms. The van der Waals surface area contributed by atoms with E-state index in [-0.39, 0.29) is 6.54 Å². The van der Waals surface area contributed by atoms with Crippen LogP contribution in [0.25, 0.3) is 5.57 Å². The fourth-order valence-electron chi connectivity index (χ4n) is 2.52. The third kappa shape index (κ3) is 6.23. The van der Waals surface area contributed by atoms with E-state index in [1.54, 1.807) is 11.9 Å². The number of rotatable bonds is 6. The van der Waals surface area contributed by atoms with Gasteiger partial charge in [-0.2, -0.15) is 0 Å². The van der Waals surface area contributed by atoms with Crippen molar-refractivity contribution in [2.24, 2.45) is 0 Å². The molecule has 0 bridgehead atoms. The van der Waals surface area contributed by atoms with Gasteiger partial charge < -0.3 is 5.11 Å². The van der Waals surface area contributed by atoms with Crippen molar-refractivity contribution >= 4 is 11.5 Å². The van der Waals surface area contributed by atoms with Gasteiger partial charge in [-0.25, -0.2) is 0 Å². The fraction of sp³-hybridized carbons (Fsp3) is 0.261. The fourth-order valence-corrected chi connectivity index (χ4v) is 2.52. The van der Waals surface area contributed by atoms with E-state index in [0.717, 1.165) is 16.7 Å². The Kier molecular flexibility index (Phi) is 7.20. The Balaban J connectivity index is 2.28. The maximum atomic E-state index is 10.8. The van der Waals surface area contributed by atoms with Crippen molar-refractivity contribution in [2.45, 2.75) is 19.8 Å². The molecule has 0 saturated carbocycles. The second kappa shape index (κ2) is 9.60. The molecule has 0 saturated heterocycles. The largest absolute Gasteiger partial charge is 0.480 e. The second-order valence-electron chi connectivity index (χ2n) is 6.60. The number of hydrogen-bond donors (Lipinski definition) is 1. The van der Waals surface area contributed by atoms with Crippen molar-refractivity contribution in [1.29, 1.82) is 0 Å². The summed E-state index contributed by atoms with van der Waals surface area (Å²) in [6, 6.07) is 18.2. The van der Waals surface area contributed by atoms with Crippen LogP contribution in [0.5, 0.6) is 0 Å². The first-order chi connectivity index (χ1) is 12.5. The highest BCUT2D eigenvalue weighted by Gasteiger charge is 2.04. The Morgan fingerprint density at radius 3 is 2.54 bits per heavy atom. The topological polar surface area (TPSA) is 40.5 Å². The normalized spacial score (nSPS) is 11.3. The Labute approximate surface area is 156 Å². The van der Waals surface area contributed by atoms with Crippen LogP contribution in [0.2, 0.25) is 0 Å². The SMILES string of the molecule is CC(C)c1cccc(C#CC(=CCN(C)CC(=O)O)c2ccccc2)c1. The lowest BCUT2D eigenvalue weighted by molar-refractivity contribution is -0.137. The molecule has 3 heteroatoms. The molecular formula is C23H25NO2. The molecular weight excluding hydrogens is 322 g/mol. The molecule has 0 aliphatic carbocycles. The molecule has 134 valence electrons. The molecule has 1 N–H and O–H groups in total. The van der Waals surface area contributed by atoms with Gasteiger partial charge in [0.2, 0.25) is 0 Å². The minimum atomic E-state index is -0.834. The standard InChI is InChI=1S/C23H25NO2/c1-18(2)22-11-7-8-19(16-22)12-13-21(20-9-5-4-6-10-20)14-15-24(3)17-23(25)26/h4-11,14,16,18H,15,17H2,1-3H3,(H,25,26). The van der Waals surface area contributed by atoms with Crippen LogP contribution < -0.4 is 0 Å². The number of hydrogen-bond acceptors (Lipinski definition) is 2. The zero-order valence-electron chi connectivity index (χ0n) is 15.6. The number of carbonyl (C=O) groups is 1. The first-order valence-electron chi connectivity index (χ1n) is 8.73. The summed E-state index contributed by atoms with van der Waals surface area (Å²) in [7, 11) is 1.78. The van der Waals surface area contributed by atoms with Crippen LogP contribution >= 0.6 is 0 Å². The van der Waals surface area contributed by atoms with Crippen molar-refractivity contribution in [2.75, 3.05) is 20.1 Å². The predicted molar refractivity (Wildman–Crippen MR) is 107 cm³/mol. The number of likely N-dealkylation sites (N-methyl/N-ethyl adjacent to an activating group) is 1. The third-order valence-electron chi connectivity index (χ3n) is 3.99. The number of allylic oxidation sites excluding steroid dienone is 1. The van der Waals surface area contributed by atoms with Crippen LogP contribution in [0.15, 0.2) is 60.7 Å². The highest BCUT2D eigenvalue weighted by Crippen LogP contribution is 2.16. The molecule has 0 aliphatic heterocycles. The lowest BCUT2D eigenvalue weighted by Crippen LogP contribution is -2.25. The zero-order chi connectivity index (χ0) is 18.9. The summed E-state index contributed by atoms with van der Waals surface area (Å²) in [6.07, 6.45) is 1.98. The first-order valence-corrected chi connectivity index (χ1v) is 8.73. The summed E-state index contributed by atoms with van der Waals surface area (Å²) in [5.74, 6) is 6.14. The van der Waals surface area contributed by atoms with E-state index >= 15 is 0 Å². The van der Waals surface area contributed by atoms with Gasteiger partial charge in [0.05, 0.1) is 6.54 Å². The van der Waals surface area contributed by atoms with Gasteiger partial charge in [0.25, 0.3) is 0 Å². The van der Waals surface area contributed by atoms with E-state index in [4.69, 9.17) is 5.11 Å². The monoisotopic (exact) mass is 347 g/mol. The molecule has 0 unspecified atom stereocenters. The lowest BCUT2D eigenvalue weighted by Gasteiger charge is -2.11. The molecule has 0 aromatic heterocycles. The maximum absolute atomic E-state index is 10.8. The summed E-state index contributed by atoms with van der Waals surface area (Å²) < 4.78 is 0. The maximum Gasteiger partial charge on any atom is 0.317 e. The van der Waals surface area contributed by atoms with E-state index in [1.165, 1.54) is 5.56 Å². The average Bonchev–Trinajstić information content (AvgIpc) is 2.62. The first kappa shape index (κ1) is 19.5. The second-order valence-corrected chi connectivity index (χ2v) is 6.60. The Morgan fingerprint density at radius 2 is 1.88 bits per heavy atom. The van der Waals surface area contributed by atoms with E-state index in [0.29, 0.717) is 12.5 Å². The predicted octanol–water partition coefficient (Wildman–Crippen LogP) is 4.26. The van der Waals surface area contributed by atoms with Gasteiger partial charge in [-0.05, 0) is 36.2 Å². The smallest absolute Gasteiger partial charge is 0.317 e. The molecule has 0 heterocycles. The van der Waals surface area contributed by atoms with Crippen molar-refractivity contribution in [1.82, 2.24) is 4.90 Å². The molecule has 0 atom stereocenters. The minimum Gasteiger partial charge on any atom is -0.480 e. The summed E-state index contributed by atoms with van der Waals surface area (Å²) in [6.45, 7) is 4.86. The van der Waals surface area contributed by atoms with Gasteiger partial charge in [-0.15, -0.1) is 0 Å². The molecule has 0 spiro atoms. The Morgan fingerprint density at radius 1 is 1.15 bits per heavy atom. The van der Waals surface area contributed by atoms with Crippen LogP contribution in [0.3, 0.4) is 0 Å². The number of benzene rings is 2. The lowest BCUT2D eigenvalue weighted by atomic mass is 10.0. The molecule has 0 aliphatic rings. The van der Waals surface area contributed by atoms with Gasteiger partial charge in [0, 0.05) is 17.7 Å². The summed E-state index contributed by atoms with van der Waals surface area (Å²) in [5, 5.41) is 8.90. The average molecular weight is 347 g/mol. The van der Waals surface area contributed by atoms with E-state index in [1.807, 2.05) is 48.5 Å². The molecule has 2 rings (SSSR count). The van der Waals surface area contributed by atoms with Crippen LogP contribution in [-0.4, -0.2) is 36.1 Å². The van der Waals surface area contributed by atoms with Gasteiger partial charge >= 0.3 is 5.97 Å². The van der Waals surface area contributed by atoms with Crippen molar-refractivity contribution < 1.29 is 9.90 Å². The molecule has 0 fully saturated rings. The van der Waals surface area contributed by atoms with Gasteiger partial charge in [0.15, 0.2) is 0 Å². The van der Waals surface area contributed by atoms with Crippen molar-refractivity contribution in [3.63, 3.8) is 0 Å². The molecule has 2 aromatic rings. The zero-order valence-corrected chi connectivity index (χ0v) is 15.6. The molecule has 3 nitrogen and oxygen atoms in total. The summed E-state index contributed by atoms with van der Waals surface area (Å²) in [4.78, 5) is 12.6. The van der Waals surface area contributed by atoms with Crippen molar-refractivity contribution in [3.05, 3.63) is 77.4 Å². The highest BCUT2D eigenvalue weighted by atomic mass is 16.4. The number of carboxylic acids is 1. The van der Waals surface area contributed by atoms with Crippen LogP contribution in [-0.2, 0) is 4.79 Å². The Hall–Kier alpha value is -2.83. The molecule has 2 aromatic carbocycles. The van der Waals surface area contributed by atoms with Gasteiger partial charge in [-0.1, -0.05) is 74.2 Å². The van der Waals surface area contributed by atoms with E-state index < -0.39 is 5.97 Å².